The molecule has 0 bridgehead atoms. The number of alkyl halides is 1. The molecular weight excluding hydrogens is 202 g/mol. The Morgan fingerprint density at radius 3 is 2.57 bits per heavy atom. The van der Waals surface area contributed by atoms with Crippen LogP contribution in [0.5, 0.6) is 0 Å². The molecule has 1 unspecified atom stereocenters. The van der Waals surface area contributed by atoms with Gasteiger partial charge in [-0.3, -0.25) is 4.79 Å². The van der Waals surface area contributed by atoms with E-state index < -0.39 is 5.41 Å². The largest absolute Gasteiger partial charge is 0.393 e. The van der Waals surface area contributed by atoms with Crippen molar-refractivity contribution in [2.75, 3.05) is 12.4 Å². The van der Waals surface area contributed by atoms with Gasteiger partial charge in [0.25, 0.3) is 0 Å². The minimum absolute atomic E-state index is 0.0594. The number of aliphatic hydroxyl groups excluding tert-OH is 1. The molecule has 0 aliphatic carbocycles. The maximum atomic E-state index is 11.5. The first-order valence-corrected chi connectivity index (χ1v) is 5.49. The van der Waals surface area contributed by atoms with Crippen LogP contribution in [-0.4, -0.2) is 29.5 Å². The molecule has 0 heterocycles. The monoisotopic (exact) mass is 221 g/mol. The SMILES string of the molecule is CCC(O)CCNC(=O)C(C)(C)CCl. The van der Waals surface area contributed by atoms with E-state index in [4.69, 9.17) is 11.6 Å². The second-order valence-corrected chi connectivity index (χ2v) is 4.39. The van der Waals surface area contributed by atoms with Gasteiger partial charge in [0.1, 0.15) is 0 Å². The molecule has 0 aliphatic heterocycles. The molecule has 3 nitrogen and oxygen atoms in total. The fourth-order valence-electron chi connectivity index (χ4n) is 0.856. The average molecular weight is 222 g/mol. The van der Waals surface area contributed by atoms with Crippen molar-refractivity contribution >= 4 is 17.5 Å². The van der Waals surface area contributed by atoms with Gasteiger partial charge in [-0.1, -0.05) is 6.92 Å². The number of hydrogen-bond donors (Lipinski definition) is 2. The second-order valence-electron chi connectivity index (χ2n) is 4.12. The first-order valence-electron chi connectivity index (χ1n) is 4.96. The highest BCUT2D eigenvalue weighted by Crippen LogP contribution is 2.16. The van der Waals surface area contributed by atoms with Crippen molar-refractivity contribution in [2.45, 2.75) is 39.7 Å². The van der Waals surface area contributed by atoms with Gasteiger partial charge in [0.2, 0.25) is 5.91 Å². The Labute approximate surface area is 90.8 Å². The van der Waals surface area contributed by atoms with Crippen LogP contribution >= 0.6 is 11.6 Å². The average Bonchev–Trinajstić information content (AvgIpc) is 2.17. The summed E-state index contributed by atoms with van der Waals surface area (Å²) in [6, 6.07) is 0. The number of rotatable bonds is 6. The van der Waals surface area contributed by atoms with E-state index in [0.29, 0.717) is 18.8 Å². The number of carbonyl (C=O) groups excluding carboxylic acids is 1. The van der Waals surface area contributed by atoms with Crippen LogP contribution in [0.3, 0.4) is 0 Å². The van der Waals surface area contributed by atoms with Crippen molar-refractivity contribution in [1.82, 2.24) is 5.32 Å². The standard InChI is InChI=1S/C10H20ClNO2/c1-4-8(13)5-6-12-9(14)10(2,3)7-11/h8,13H,4-7H2,1-3H3,(H,12,14). The molecule has 14 heavy (non-hydrogen) atoms. The normalized spacial score (nSPS) is 13.8. The number of nitrogens with one attached hydrogen (secondary N) is 1. The zero-order valence-electron chi connectivity index (χ0n) is 9.14. The quantitative estimate of drug-likeness (QED) is 0.669. The summed E-state index contributed by atoms with van der Waals surface area (Å²) in [5.74, 6) is 0.241. The molecule has 84 valence electrons. The van der Waals surface area contributed by atoms with Crippen molar-refractivity contribution in [3.63, 3.8) is 0 Å². The summed E-state index contributed by atoms with van der Waals surface area (Å²) in [6.45, 7) is 6.01. The molecule has 0 fully saturated rings. The van der Waals surface area contributed by atoms with Crippen LogP contribution in [0.25, 0.3) is 0 Å². The van der Waals surface area contributed by atoms with E-state index in [1.165, 1.54) is 0 Å². The molecule has 1 atom stereocenters. The van der Waals surface area contributed by atoms with Gasteiger partial charge in [0, 0.05) is 12.4 Å². The van der Waals surface area contributed by atoms with Crippen molar-refractivity contribution in [3.8, 4) is 0 Å². The predicted octanol–water partition coefficient (Wildman–Crippen LogP) is 1.53. The third-order valence-corrected chi connectivity index (χ3v) is 2.85. The molecule has 0 aromatic carbocycles. The summed E-state index contributed by atoms with van der Waals surface area (Å²) in [5, 5.41) is 12.0. The summed E-state index contributed by atoms with van der Waals surface area (Å²) in [5.41, 5.74) is -0.529. The highest BCUT2D eigenvalue weighted by molar-refractivity contribution is 6.19. The molecule has 0 saturated heterocycles. The molecule has 0 spiro atoms. The molecule has 0 saturated carbocycles. The lowest BCUT2D eigenvalue weighted by Gasteiger charge is -2.20. The van der Waals surface area contributed by atoms with E-state index in [-0.39, 0.29) is 12.0 Å². The highest BCUT2D eigenvalue weighted by atomic mass is 35.5. The Balaban J connectivity index is 3.75. The van der Waals surface area contributed by atoms with Crippen LogP contribution in [0.1, 0.15) is 33.6 Å². The lowest BCUT2D eigenvalue weighted by atomic mass is 9.95. The van der Waals surface area contributed by atoms with Gasteiger partial charge in [0.15, 0.2) is 0 Å². The van der Waals surface area contributed by atoms with Crippen LogP contribution < -0.4 is 5.32 Å². The van der Waals surface area contributed by atoms with E-state index in [0.717, 1.165) is 6.42 Å². The third kappa shape index (κ3) is 4.82. The van der Waals surface area contributed by atoms with E-state index >= 15 is 0 Å². The van der Waals surface area contributed by atoms with Crippen molar-refractivity contribution in [2.24, 2.45) is 5.41 Å². The Morgan fingerprint density at radius 1 is 1.57 bits per heavy atom. The molecule has 0 aromatic heterocycles. The van der Waals surface area contributed by atoms with Crippen molar-refractivity contribution in [1.29, 1.82) is 0 Å². The topological polar surface area (TPSA) is 49.3 Å². The third-order valence-electron chi connectivity index (χ3n) is 2.18. The van der Waals surface area contributed by atoms with Crippen molar-refractivity contribution < 1.29 is 9.90 Å². The van der Waals surface area contributed by atoms with Gasteiger partial charge in [0.05, 0.1) is 11.5 Å². The maximum Gasteiger partial charge on any atom is 0.226 e. The first-order chi connectivity index (χ1) is 6.44. The maximum absolute atomic E-state index is 11.5. The van der Waals surface area contributed by atoms with Crippen LogP contribution in [-0.2, 0) is 4.79 Å². The van der Waals surface area contributed by atoms with Gasteiger partial charge in [-0.2, -0.15) is 0 Å². The van der Waals surface area contributed by atoms with Gasteiger partial charge in [-0.05, 0) is 26.7 Å². The van der Waals surface area contributed by atoms with Gasteiger partial charge < -0.3 is 10.4 Å². The highest BCUT2D eigenvalue weighted by Gasteiger charge is 2.25. The van der Waals surface area contributed by atoms with Crippen LogP contribution in [0, 0.1) is 5.41 Å². The van der Waals surface area contributed by atoms with Crippen LogP contribution in [0.2, 0.25) is 0 Å². The fourth-order valence-corrected chi connectivity index (χ4v) is 0.978. The van der Waals surface area contributed by atoms with E-state index in [1.807, 2.05) is 6.92 Å². The molecular formula is C10H20ClNO2. The van der Waals surface area contributed by atoms with Crippen LogP contribution in [0.15, 0.2) is 0 Å². The fraction of sp³-hybridized carbons (Fsp3) is 0.900. The first kappa shape index (κ1) is 13.7. The molecule has 4 heteroatoms. The van der Waals surface area contributed by atoms with Gasteiger partial charge in [-0.25, -0.2) is 0 Å². The number of halogens is 1. The molecule has 1 amide bonds. The number of aliphatic hydroxyl groups is 1. The molecule has 0 rings (SSSR count). The predicted molar refractivity (Wildman–Crippen MR) is 58.4 cm³/mol. The summed E-state index contributed by atoms with van der Waals surface area (Å²) in [4.78, 5) is 11.5. The second kappa shape index (κ2) is 6.25. The number of carbonyl (C=O) groups is 1. The Bertz CT molecular complexity index is 183. The summed E-state index contributed by atoms with van der Waals surface area (Å²) >= 11 is 5.65. The van der Waals surface area contributed by atoms with E-state index in [9.17, 15) is 9.90 Å². The Kier molecular flexibility index (Phi) is 6.12. The smallest absolute Gasteiger partial charge is 0.226 e. The molecule has 2 N–H and O–H groups in total. The zero-order chi connectivity index (χ0) is 11.2. The number of amides is 1. The lowest BCUT2D eigenvalue weighted by Crippen LogP contribution is -2.39. The zero-order valence-corrected chi connectivity index (χ0v) is 9.90. The molecule has 0 aliphatic rings. The summed E-state index contributed by atoms with van der Waals surface area (Å²) < 4.78 is 0. The van der Waals surface area contributed by atoms with Crippen molar-refractivity contribution in [3.05, 3.63) is 0 Å². The Morgan fingerprint density at radius 2 is 2.14 bits per heavy atom. The summed E-state index contributed by atoms with van der Waals surface area (Å²) in [6.07, 6.45) is 0.990. The van der Waals surface area contributed by atoms with Gasteiger partial charge in [-0.15, -0.1) is 11.6 Å². The van der Waals surface area contributed by atoms with Gasteiger partial charge >= 0.3 is 0 Å². The number of hydrogen-bond acceptors (Lipinski definition) is 2. The van der Waals surface area contributed by atoms with E-state index in [1.54, 1.807) is 13.8 Å². The van der Waals surface area contributed by atoms with Crippen LogP contribution in [0.4, 0.5) is 0 Å². The Hall–Kier alpha value is -0.280. The minimum atomic E-state index is -0.529. The minimum Gasteiger partial charge on any atom is -0.393 e. The summed E-state index contributed by atoms with van der Waals surface area (Å²) in [7, 11) is 0. The molecule has 0 aromatic rings. The van der Waals surface area contributed by atoms with E-state index in [2.05, 4.69) is 5.32 Å². The lowest BCUT2D eigenvalue weighted by molar-refractivity contribution is -0.128. The molecule has 0 radical (unpaired) electrons.